The molecular formula is C9H15N3O. The third-order valence-electron chi connectivity index (χ3n) is 2.83. The molecule has 1 fully saturated rings. The Balaban J connectivity index is 2.07. The van der Waals surface area contributed by atoms with E-state index < -0.39 is 0 Å². The summed E-state index contributed by atoms with van der Waals surface area (Å²) < 4.78 is 1.93. The fraction of sp³-hybridized carbons (Fsp3) is 0.667. The van der Waals surface area contributed by atoms with Crippen LogP contribution in [0.2, 0.25) is 0 Å². The fourth-order valence-electron chi connectivity index (χ4n) is 1.99. The van der Waals surface area contributed by atoms with Gasteiger partial charge in [-0.3, -0.25) is 4.68 Å². The van der Waals surface area contributed by atoms with Crippen LogP contribution >= 0.6 is 0 Å². The first-order valence-corrected chi connectivity index (χ1v) is 4.62. The van der Waals surface area contributed by atoms with Crippen LogP contribution < -0.4 is 5.73 Å². The van der Waals surface area contributed by atoms with Gasteiger partial charge in [0.25, 0.3) is 0 Å². The van der Waals surface area contributed by atoms with Crippen molar-refractivity contribution in [3.63, 3.8) is 0 Å². The van der Waals surface area contributed by atoms with Crippen molar-refractivity contribution in [2.75, 3.05) is 6.61 Å². The molecule has 0 bridgehead atoms. The van der Waals surface area contributed by atoms with Crippen LogP contribution in [0.25, 0.3) is 0 Å². The Bertz CT molecular complexity index is 272. The average molecular weight is 181 g/mol. The number of aliphatic hydroxyl groups excluding tert-OH is 1. The van der Waals surface area contributed by atoms with Gasteiger partial charge in [-0.05, 0) is 25.3 Å². The lowest BCUT2D eigenvalue weighted by Crippen LogP contribution is -2.40. The first-order valence-electron chi connectivity index (χ1n) is 4.62. The Morgan fingerprint density at radius 3 is 3.08 bits per heavy atom. The Kier molecular flexibility index (Phi) is 2.09. The van der Waals surface area contributed by atoms with Crippen molar-refractivity contribution in [1.29, 1.82) is 0 Å². The van der Waals surface area contributed by atoms with Gasteiger partial charge >= 0.3 is 0 Å². The highest BCUT2D eigenvalue weighted by Crippen LogP contribution is 2.35. The molecule has 1 aromatic heterocycles. The molecule has 13 heavy (non-hydrogen) atoms. The maximum absolute atomic E-state index is 9.09. The fourth-order valence-corrected chi connectivity index (χ4v) is 1.99. The summed E-state index contributed by atoms with van der Waals surface area (Å²) in [6.07, 6.45) is 6.45. The Hall–Kier alpha value is -0.870. The molecule has 0 saturated heterocycles. The molecule has 0 aromatic carbocycles. The van der Waals surface area contributed by atoms with Crippen LogP contribution in [-0.4, -0.2) is 27.0 Å². The van der Waals surface area contributed by atoms with E-state index in [9.17, 15) is 0 Å². The molecule has 72 valence electrons. The highest BCUT2D eigenvalue weighted by Gasteiger charge is 2.36. The second kappa shape index (κ2) is 3.12. The Labute approximate surface area is 77.4 Å². The van der Waals surface area contributed by atoms with E-state index in [0.29, 0.717) is 6.04 Å². The first-order chi connectivity index (χ1) is 6.23. The van der Waals surface area contributed by atoms with Gasteiger partial charge in [-0.1, -0.05) is 0 Å². The summed E-state index contributed by atoms with van der Waals surface area (Å²) in [5.41, 5.74) is 5.59. The standard InChI is InChI=1S/C9H15N3O/c10-9(7-13)3-2-8(6-9)12-5-1-4-11-12/h1,4-5,8,13H,2-3,6-7,10H2. The van der Waals surface area contributed by atoms with Gasteiger partial charge in [0.05, 0.1) is 12.6 Å². The quantitative estimate of drug-likeness (QED) is 0.689. The van der Waals surface area contributed by atoms with Crippen LogP contribution in [-0.2, 0) is 0 Å². The van der Waals surface area contributed by atoms with E-state index in [0.717, 1.165) is 19.3 Å². The van der Waals surface area contributed by atoms with Crippen molar-refractivity contribution in [3.8, 4) is 0 Å². The molecular weight excluding hydrogens is 166 g/mol. The Morgan fingerprint density at radius 1 is 1.69 bits per heavy atom. The third-order valence-corrected chi connectivity index (χ3v) is 2.83. The van der Waals surface area contributed by atoms with E-state index in [1.165, 1.54) is 0 Å². The van der Waals surface area contributed by atoms with Crippen molar-refractivity contribution in [2.24, 2.45) is 5.73 Å². The minimum absolute atomic E-state index is 0.0742. The van der Waals surface area contributed by atoms with Crippen molar-refractivity contribution >= 4 is 0 Å². The normalized spacial score (nSPS) is 33.8. The molecule has 4 heteroatoms. The Morgan fingerprint density at radius 2 is 2.54 bits per heavy atom. The average Bonchev–Trinajstić information content (AvgIpc) is 2.73. The maximum Gasteiger partial charge on any atom is 0.0612 e. The molecule has 0 radical (unpaired) electrons. The number of hydrogen-bond donors (Lipinski definition) is 2. The van der Waals surface area contributed by atoms with Crippen LogP contribution in [0, 0.1) is 0 Å². The maximum atomic E-state index is 9.09. The van der Waals surface area contributed by atoms with Crippen LogP contribution in [0.3, 0.4) is 0 Å². The summed E-state index contributed by atoms with van der Waals surface area (Å²) in [6.45, 7) is 0.0742. The molecule has 1 heterocycles. The smallest absolute Gasteiger partial charge is 0.0612 e. The summed E-state index contributed by atoms with van der Waals surface area (Å²) in [7, 11) is 0. The van der Waals surface area contributed by atoms with Gasteiger partial charge in [-0.2, -0.15) is 5.10 Å². The summed E-state index contributed by atoms with van der Waals surface area (Å²) in [4.78, 5) is 0. The van der Waals surface area contributed by atoms with Crippen molar-refractivity contribution in [1.82, 2.24) is 9.78 Å². The second-order valence-electron chi connectivity index (χ2n) is 3.90. The van der Waals surface area contributed by atoms with Crippen molar-refractivity contribution in [3.05, 3.63) is 18.5 Å². The topological polar surface area (TPSA) is 64.1 Å². The van der Waals surface area contributed by atoms with Gasteiger partial charge in [-0.25, -0.2) is 0 Å². The number of aliphatic hydroxyl groups is 1. The molecule has 2 rings (SSSR count). The lowest BCUT2D eigenvalue weighted by molar-refractivity contribution is 0.195. The monoisotopic (exact) mass is 181 g/mol. The van der Waals surface area contributed by atoms with Crippen LogP contribution in [0.4, 0.5) is 0 Å². The zero-order valence-corrected chi connectivity index (χ0v) is 7.56. The molecule has 1 saturated carbocycles. The molecule has 0 amide bonds. The molecule has 2 unspecified atom stereocenters. The van der Waals surface area contributed by atoms with E-state index in [2.05, 4.69) is 5.10 Å². The van der Waals surface area contributed by atoms with Crippen LogP contribution in [0.5, 0.6) is 0 Å². The zero-order valence-electron chi connectivity index (χ0n) is 7.56. The van der Waals surface area contributed by atoms with Gasteiger partial charge in [0.1, 0.15) is 0 Å². The van der Waals surface area contributed by atoms with Crippen LogP contribution in [0.1, 0.15) is 25.3 Å². The van der Waals surface area contributed by atoms with Gasteiger partial charge in [-0.15, -0.1) is 0 Å². The highest BCUT2D eigenvalue weighted by atomic mass is 16.3. The predicted molar refractivity (Wildman–Crippen MR) is 49.1 cm³/mol. The predicted octanol–water partition coefficient (Wildman–Crippen LogP) is 0.298. The molecule has 4 nitrogen and oxygen atoms in total. The van der Waals surface area contributed by atoms with Gasteiger partial charge < -0.3 is 10.8 Å². The molecule has 1 aliphatic rings. The molecule has 1 aromatic rings. The van der Waals surface area contributed by atoms with Gasteiger partial charge in [0, 0.05) is 17.9 Å². The van der Waals surface area contributed by atoms with E-state index in [1.54, 1.807) is 6.20 Å². The zero-order chi connectivity index (χ0) is 9.31. The largest absolute Gasteiger partial charge is 0.394 e. The summed E-state index contributed by atoms with van der Waals surface area (Å²) in [5, 5.41) is 13.3. The first kappa shape index (κ1) is 8.72. The van der Waals surface area contributed by atoms with Crippen molar-refractivity contribution in [2.45, 2.75) is 30.8 Å². The van der Waals surface area contributed by atoms with E-state index in [1.807, 2.05) is 16.9 Å². The molecule has 0 spiro atoms. The van der Waals surface area contributed by atoms with E-state index in [-0.39, 0.29) is 12.1 Å². The molecule has 2 atom stereocenters. The summed E-state index contributed by atoms with van der Waals surface area (Å²) in [6, 6.07) is 2.28. The van der Waals surface area contributed by atoms with Gasteiger partial charge in [0.15, 0.2) is 0 Å². The SMILES string of the molecule is NC1(CO)CCC(n2cccn2)C1. The lowest BCUT2D eigenvalue weighted by atomic mass is 10.0. The van der Waals surface area contributed by atoms with Crippen molar-refractivity contribution < 1.29 is 5.11 Å². The highest BCUT2D eigenvalue weighted by molar-refractivity contribution is 4.96. The molecule has 0 aliphatic heterocycles. The summed E-state index contributed by atoms with van der Waals surface area (Å²) >= 11 is 0. The minimum atomic E-state index is -0.378. The number of hydrogen-bond acceptors (Lipinski definition) is 3. The van der Waals surface area contributed by atoms with E-state index in [4.69, 9.17) is 10.8 Å². The number of aromatic nitrogens is 2. The number of nitrogens with zero attached hydrogens (tertiary/aromatic N) is 2. The van der Waals surface area contributed by atoms with Crippen LogP contribution in [0.15, 0.2) is 18.5 Å². The number of nitrogens with two attached hydrogens (primary N) is 1. The molecule has 3 N–H and O–H groups in total. The minimum Gasteiger partial charge on any atom is -0.394 e. The second-order valence-corrected chi connectivity index (χ2v) is 3.90. The third kappa shape index (κ3) is 1.59. The number of rotatable bonds is 2. The molecule has 1 aliphatic carbocycles. The summed E-state index contributed by atoms with van der Waals surface area (Å²) in [5.74, 6) is 0. The lowest BCUT2D eigenvalue weighted by Gasteiger charge is -2.20. The van der Waals surface area contributed by atoms with E-state index >= 15 is 0 Å². The van der Waals surface area contributed by atoms with Gasteiger partial charge in [0.2, 0.25) is 0 Å².